The van der Waals surface area contributed by atoms with Gasteiger partial charge in [-0.2, -0.15) is 4.98 Å². The number of hydrogen-bond acceptors (Lipinski definition) is 6. The summed E-state index contributed by atoms with van der Waals surface area (Å²) in [5, 5.41) is 13.5. The summed E-state index contributed by atoms with van der Waals surface area (Å²) in [5.41, 5.74) is 1.45. The van der Waals surface area contributed by atoms with Crippen molar-refractivity contribution < 1.29 is 9.90 Å². The van der Waals surface area contributed by atoms with Gasteiger partial charge in [-0.15, -0.1) is 0 Å². The molecule has 3 heterocycles. The molecule has 0 spiro atoms. The molecule has 8 heteroatoms. The van der Waals surface area contributed by atoms with Crippen LogP contribution in [0.15, 0.2) is 0 Å². The maximum absolute atomic E-state index is 12.1. The van der Waals surface area contributed by atoms with Gasteiger partial charge in [0.1, 0.15) is 5.52 Å². The number of piperidine rings is 1. The van der Waals surface area contributed by atoms with E-state index in [9.17, 15) is 9.90 Å². The first-order valence-electron chi connectivity index (χ1n) is 15.6. The highest BCUT2D eigenvalue weighted by molar-refractivity contribution is 5.91. The third-order valence-corrected chi connectivity index (χ3v) is 10.2. The van der Waals surface area contributed by atoms with Crippen LogP contribution < -0.4 is 10.2 Å². The summed E-state index contributed by atoms with van der Waals surface area (Å²) in [4.78, 5) is 28.9. The monoisotopic (exact) mass is 522 g/mol. The van der Waals surface area contributed by atoms with E-state index in [2.05, 4.69) is 31.7 Å². The Bertz CT molecular complexity index is 1120. The fourth-order valence-corrected chi connectivity index (χ4v) is 7.73. The Morgan fingerprint density at radius 1 is 0.895 bits per heavy atom. The molecule has 1 aliphatic heterocycles. The fourth-order valence-electron chi connectivity index (χ4n) is 7.73. The van der Waals surface area contributed by atoms with E-state index in [0.29, 0.717) is 29.3 Å². The van der Waals surface area contributed by atoms with E-state index in [-0.39, 0.29) is 11.9 Å². The lowest BCUT2D eigenvalue weighted by atomic mass is 9.80. The van der Waals surface area contributed by atoms with Crippen molar-refractivity contribution in [1.82, 2.24) is 19.5 Å². The highest BCUT2D eigenvalue weighted by Crippen LogP contribution is 2.39. The minimum Gasteiger partial charge on any atom is -0.475 e. The molecular weight excluding hydrogens is 476 g/mol. The molecule has 4 fully saturated rings. The minimum atomic E-state index is -1.09. The normalized spacial score (nSPS) is 24.9. The molecule has 2 unspecified atom stereocenters. The molecule has 2 atom stereocenters. The Morgan fingerprint density at radius 2 is 1.61 bits per heavy atom. The minimum absolute atomic E-state index is 0.155. The van der Waals surface area contributed by atoms with Gasteiger partial charge < -0.3 is 19.9 Å². The van der Waals surface area contributed by atoms with Crippen LogP contribution in [0.3, 0.4) is 0 Å². The molecule has 0 aromatic carbocycles. The van der Waals surface area contributed by atoms with Gasteiger partial charge in [0.25, 0.3) is 0 Å². The molecule has 2 aromatic heterocycles. The number of nitrogens with one attached hydrogen (secondary N) is 1. The first kappa shape index (κ1) is 25.9. The number of carboxylic acid groups (broad SMARTS) is 1. The van der Waals surface area contributed by atoms with Gasteiger partial charge in [0.2, 0.25) is 11.8 Å². The van der Waals surface area contributed by atoms with E-state index in [4.69, 9.17) is 4.98 Å². The van der Waals surface area contributed by atoms with Crippen molar-refractivity contribution in [2.45, 2.75) is 128 Å². The average molecular weight is 523 g/mol. The van der Waals surface area contributed by atoms with Crippen molar-refractivity contribution in [1.29, 1.82) is 0 Å². The van der Waals surface area contributed by atoms with E-state index >= 15 is 0 Å². The maximum Gasteiger partial charge on any atom is 0.374 e. The summed E-state index contributed by atoms with van der Waals surface area (Å²) in [6, 6.07) is 0.762. The maximum atomic E-state index is 12.1. The van der Waals surface area contributed by atoms with Crippen LogP contribution in [0.5, 0.6) is 0 Å². The molecule has 38 heavy (non-hydrogen) atoms. The SMILES string of the molecule is CC(Nc1nc(C(=O)O)nc2nc(N3CCCCC3C3CCCCC3)n(CC3CCCCC3)c12)C1CCC1. The van der Waals surface area contributed by atoms with Crippen LogP contribution in [0.25, 0.3) is 11.2 Å². The van der Waals surface area contributed by atoms with Crippen LogP contribution in [0.2, 0.25) is 0 Å². The van der Waals surface area contributed by atoms with Crippen LogP contribution in [0.1, 0.15) is 120 Å². The lowest BCUT2D eigenvalue weighted by molar-refractivity contribution is 0.0684. The van der Waals surface area contributed by atoms with E-state index < -0.39 is 5.97 Å². The Balaban J connectivity index is 1.45. The molecule has 1 saturated heterocycles. The van der Waals surface area contributed by atoms with Crippen molar-refractivity contribution in [3.05, 3.63) is 5.82 Å². The first-order chi connectivity index (χ1) is 18.6. The molecule has 0 bridgehead atoms. The largest absolute Gasteiger partial charge is 0.475 e. The summed E-state index contributed by atoms with van der Waals surface area (Å²) in [5.74, 6) is 2.38. The van der Waals surface area contributed by atoms with Gasteiger partial charge in [0, 0.05) is 25.2 Å². The summed E-state index contributed by atoms with van der Waals surface area (Å²) < 4.78 is 2.41. The lowest BCUT2D eigenvalue weighted by Gasteiger charge is -2.42. The number of carbonyl (C=O) groups is 1. The average Bonchev–Trinajstić information content (AvgIpc) is 3.27. The number of hydrogen-bond donors (Lipinski definition) is 2. The second-order valence-electron chi connectivity index (χ2n) is 12.7. The Kier molecular flexibility index (Phi) is 7.75. The van der Waals surface area contributed by atoms with Gasteiger partial charge in [0.05, 0.1) is 0 Å². The molecule has 6 rings (SSSR count). The Morgan fingerprint density at radius 3 is 2.29 bits per heavy atom. The van der Waals surface area contributed by atoms with E-state index in [1.165, 1.54) is 103 Å². The smallest absolute Gasteiger partial charge is 0.374 e. The second kappa shape index (κ2) is 11.4. The third-order valence-electron chi connectivity index (χ3n) is 10.2. The number of nitrogens with zero attached hydrogens (tertiary/aromatic N) is 5. The predicted molar refractivity (Wildman–Crippen MR) is 151 cm³/mol. The standard InChI is InChI=1S/C30H46N6O2/c1-20(22-15-10-16-22)31-26-25-27(33-28(32-26)29(37)38)34-30(36(25)19-21-11-4-2-5-12-21)35-18-9-8-17-24(35)23-13-6-3-7-14-23/h20-24H,2-19H2,1H3,(H,37,38)(H,31,32,33). The van der Waals surface area contributed by atoms with Crippen LogP contribution in [0.4, 0.5) is 11.8 Å². The van der Waals surface area contributed by atoms with E-state index in [1.807, 2.05) is 0 Å². The quantitative estimate of drug-likeness (QED) is 0.401. The zero-order valence-corrected chi connectivity index (χ0v) is 23.2. The van der Waals surface area contributed by atoms with Gasteiger partial charge in [0.15, 0.2) is 11.5 Å². The zero-order valence-electron chi connectivity index (χ0n) is 23.2. The van der Waals surface area contributed by atoms with Gasteiger partial charge in [-0.1, -0.05) is 44.9 Å². The molecule has 8 nitrogen and oxygen atoms in total. The van der Waals surface area contributed by atoms with Crippen molar-refractivity contribution >= 4 is 28.9 Å². The van der Waals surface area contributed by atoms with E-state index in [0.717, 1.165) is 30.5 Å². The van der Waals surface area contributed by atoms with Gasteiger partial charge in [-0.3, -0.25) is 0 Å². The number of anilines is 2. The topological polar surface area (TPSA) is 96.2 Å². The fraction of sp³-hybridized carbons (Fsp3) is 0.800. The van der Waals surface area contributed by atoms with Gasteiger partial charge in [-0.05, 0) is 82.5 Å². The van der Waals surface area contributed by atoms with Crippen LogP contribution in [0, 0.1) is 17.8 Å². The number of fused-ring (bicyclic) bond motifs is 1. The van der Waals surface area contributed by atoms with Crippen LogP contribution in [-0.4, -0.2) is 49.2 Å². The molecule has 0 radical (unpaired) electrons. The number of carboxylic acids is 1. The van der Waals surface area contributed by atoms with Gasteiger partial charge >= 0.3 is 5.97 Å². The molecule has 2 aromatic rings. The highest BCUT2D eigenvalue weighted by atomic mass is 16.4. The van der Waals surface area contributed by atoms with Crippen molar-refractivity contribution in [2.75, 3.05) is 16.8 Å². The first-order valence-corrected chi connectivity index (χ1v) is 15.6. The summed E-state index contributed by atoms with van der Waals surface area (Å²) in [6.07, 6.45) is 20.5. The summed E-state index contributed by atoms with van der Waals surface area (Å²) in [7, 11) is 0. The molecule has 0 amide bonds. The second-order valence-corrected chi connectivity index (χ2v) is 12.7. The zero-order chi connectivity index (χ0) is 26.1. The lowest BCUT2D eigenvalue weighted by Crippen LogP contribution is -2.46. The predicted octanol–water partition coefficient (Wildman–Crippen LogP) is 6.64. The molecule has 2 N–H and O–H groups in total. The number of rotatable bonds is 8. The van der Waals surface area contributed by atoms with Crippen molar-refractivity contribution in [3.8, 4) is 0 Å². The van der Waals surface area contributed by atoms with E-state index in [1.54, 1.807) is 0 Å². The van der Waals surface area contributed by atoms with Crippen molar-refractivity contribution in [2.24, 2.45) is 17.8 Å². The van der Waals surface area contributed by atoms with Crippen LogP contribution in [-0.2, 0) is 6.54 Å². The third kappa shape index (κ3) is 5.24. The molecule has 3 aliphatic carbocycles. The summed E-state index contributed by atoms with van der Waals surface area (Å²) in [6.45, 7) is 4.16. The van der Waals surface area contributed by atoms with Crippen molar-refractivity contribution in [3.63, 3.8) is 0 Å². The highest BCUT2D eigenvalue weighted by Gasteiger charge is 2.35. The van der Waals surface area contributed by atoms with Gasteiger partial charge in [-0.25, -0.2) is 14.8 Å². The number of aromatic carboxylic acids is 1. The number of aromatic nitrogens is 4. The molecule has 4 aliphatic rings. The number of imidazole rings is 1. The van der Waals surface area contributed by atoms with Crippen LogP contribution >= 0.6 is 0 Å². The molecule has 208 valence electrons. The summed E-state index contributed by atoms with van der Waals surface area (Å²) >= 11 is 0. The molecular formula is C30H46N6O2. The Hall–Kier alpha value is -2.38. The Labute approximate surface area is 227 Å². The molecule has 3 saturated carbocycles.